The van der Waals surface area contributed by atoms with Crippen LogP contribution in [0, 0.1) is 5.92 Å². The summed E-state index contributed by atoms with van der Waals surface area (Å²) in [6, 6.07) is 12.3. The van der Waals surface area contributed by atoms with Crippen molar-refractivity contribution in [3.63, 3.8) is 0 Å². The minimum atomic E-state index is -0.468. The van der Waals surface area contributed by atoms with E-state index in [0.717, 1.165) is 35.8 Å². The van der Waals surface area contributed by atoms with Gasteiger partial charge in [-0.2, -0.15) is 0 Å². The second-order valence-corrected chi connectivity index (χ2v) is 9.70. The summed E-state index contributed by atoms with van der Waals surface area (Å²) in [4.78, 5) is 27.7. The van der Waals surface area contributed by atoms with Gasteiger partial charge in [0.1, 0.15) is 17.9 Å². The van der Waals surface area contributed by atoms with Crippen molar-refractivity contribution >= 4 is 16.9 Å². The number of carbonyl (C=O) groups is 1. The lowest BCUT2D eigenvalue weighted by Crippen LogP contribution is -2.43. The molecule has 0 radical (unpaired) electrons. The standard InChI is InChI=1S/C29H33NO6/c1-33-26-15-20-12-13-30(28(31)14-19-8-4-3-5-9-19)23(22(20)16-27(26)34-2)18-35-25-17-29(32)36-24-11-7-6-10-21(24)25/h6-7,10-11,15-17,19,23H,3-5,8-9,12-14,18H2,1-2H3. The monoisotopic (exact) mass is 491 g/mol. The van der Waals surface area contributed by atoms with Gasteiger partial charge in [0.05, 0.1) is 31.7 Å². The molecule has 2 heterocycles. The van der Waals surface area contributed by atoms with E-state index in [1.54, 1.807) is 20.3 Å². The van der Waals surface area contributed by atoms with Crippen molar-refractivity contribution in [3.8, 4) is 17.2 Å². The number of para-hydroxylation sites is 1. The zero-order valence-electron chi connectivity index (χ0n) is 21.0. The SMILES string of the molecule is COc1cc2c(cc1OC)C(COc1cc(=O)oc3ccccc13)N(C(=O)CC1CCCCC1)CC2. The molecule has 5 rings (SSSR count). The number of hydrogen-bond donors (Lipinski definition) is 0. The lowest BCUT2D eigenvalue weighted by atomic mass is 9.85. The minimum Gasteiger partial charge on any atom is -0.493 e. The fourth-order valence-corrected chi connectivity index (χ4v) is 5.63. The molecule has 7 heteroatoms. The summed E-state index contributed by atoms with van der Waals surface area (Å²) in [7, 11) is 3.24. The van der Waals surface area contributed by atoms with E-state index in [-0.39, 0.29) is 18.6 Å². The summed E-state index contributed by atoms with van der Waals surface area (Å²) in [5.74, 6) is 2.35. The molecule has 1 atom stereocenters. The normalized spacial score (nSPS) is 18.1. The second kappa shape index (κ2) is 10.6. The number of carbonyl (C=O) groups excluding carboxylic acids is 1. The first-order chi connectivity index (χ1) is 17.6. The molecule has 0 bridgehead atoms. The maximum atomic E-state index is 13.6. The van der Waals surface area contributed by atoms with Crippen LogP contribution in [0.15, 0.2) is 51.7 Å². The summed E-state index contributed by atoms with van der Waals surface area (Å²) in [6.07, 6.45) is 7.21. The third-order valence-electron chi connectivity index (χ3n) is 7.52. The van der Waals surface area contributed by atoms with E-state index < -0.39 is 5.63 Å². The molecule has 1 aliphatic heterocycles. The molecule has 1 aromatic heterocycles. The summed E-state index contributed by atoms with van der Waals surface area (Å²) in [6.45, 7) is 0.825. The van der Waals surface area contributed by atoms with Gasteiger partial charge in [0, 0.05) is 13.0 Å². The van der Waals surface area contributed by atoms with Crippen LogP contribution in [-0.4, -0.2) is 38.2 Å². The average molecular weight is 492 g/mol. The molecule has 2 aliphatic rings. The van der Waals surface area contributed by atoms with Gasteiger partial charge >= 0.3 is 5.63 Å². The molecule has 36 heavy (non-hydrogen) atoms. The Morgan fingerprint density at radius 2 is 1.75 bits per heavy atom. The highest BCUT2D eigenvalue weighted by Gasteiger charge is 2.34. The third kappa shape index (κ3) is 4.92. The number of methoxy groups -OCH3 is 2. The van der Waals surface area contributed by atoms with Gasteiger partial charge in [0.2, 0.25) is 5.91 Å². The Balaban J connectivity index is 1.47. The van der Waals surface area contributed by atoms with E-state index in [4.69, 9.17) is 18.6 Å². The van der Waals surface area contributed by atoms with Crippen LogP contribution in [0.4, 0.5) is 0 Å². The average Bonchev–Trinajstić information content (AvgIpc) is 2.91. The molecule has 1 fully saturated rings. The van der Waals surface area contributed by atoms with Crippen molar-refractivity contribution in [2.24, 2.45) is 5.92 Å². The zero-order valence-corrected chi connectivity index (χ0v) is 21.0. The van der Waals surface area contributed by atoms with Crippen LogP contribution < -0.4 is 19.8 Å². The van der Waals surface area contributed by atoms with Gasteiger partial charge in [-0.3, -0.25) is 4.79 Å². The van der Waals surface area contributed by atoms with E-state index in [1.807, 2.05) is 35.2 Å². The van der Waals surface area contributed by atoms with Gasteiger partial charge in [-0.15, -0.1) is 0 Å². The maximum absolute atomic E-state index is 13.6. The molecule has 7 nitrogen and oxygen atoms in total. The fraction of sp³-hybridized carbons (Fsp3) is 0.448. The molecule has 1 saturated carbocycles. The number of rotatable bonds is 7. The van der Waals surface area contributed by atoms with Crippen molar-refractivity contribution < 1.29 is 23.4 Å². The largest absolute Gasteiger partial charge is 0.493 e. The van der Waals surface area contributed by atoms with Crippen LogP contribution in [0.3, 0.4) is 0 Å². The smallest absolute Gasteiger partial charge is 0.339 e. The number of nitrogens with zero attached hydrogens (tertiary/aromatic N) is 1. The van der Waals surface area contributed by atoms with E-state index in [0.29, 0.717) is 41.7 Å². The molecule has 0 N–H and O–H groups in total. The molecular weight excluding hydrogens is 458 g/mol. The number of hydrogen-bond acceptors (Lipinski definition) is 6. The molecule has 2 aromatic carbocycles. The Bertz CT molecular complexity index is 1290. The molecule has 1 unspecified atom stereocenters. The van der Waals surface area contributed by atoms with Gasteiger partial charge in [-0.05, 0) is 60.6 Å². The first-order valence-corrected chi connectivity index (χ1v) is 12.8. The first-order valence-electron chi connectivity index (χ1n) is 12.8. The van der Waals surface area contributed by atoms with Gasteiger partial charge < -0.3 is 23.5 Å². The Morgan fingerprint density at radius 3 is 2.53 bits per heavy atom. The predicted molar refractivity (Wildman–Crippen MR) is 137 cm³/mol. The zero-order chi connectivity index (χ0) is 25.1. The van der Waals surface area contributed by atoms with Crippen molar-refractivity contribution in [2.45, 2.75) is 51.0 Å². The Morgan fingerprint density at radius 1 is 1.00 bits per heavy atom. The highest BCUT2D eigenvalue weighted by Crippen LogP contribution is 2.39. The molecule has 190 valence electrons. The topological polar surface area (TPSA) is 78.2 Å². The Labute approximate surface area is 210 Å². The van der Waals surface area contributed by atoms with Crippen LogP contribution in [0.5, 0.6) is 17.2 Å². The minimum absolute atomic E-state index is 0.161. The summed E-state index contributed by atoms with van der Waals surface area (Å²) >= 11 is 0. The van der Waals surface area contributed by atoms with Gasteiger partial charge in [-0.1, -0.05) is 31.4 Å². The quantitative estimate of drug-likeness (QED) is 0.418. The van der Waals surface area contributed by atoms with Gasteiger partial charge in [-0.25, -0.2) is 4.79 Å². The summed E-state index contributed by atoms with van der Waals surface area (Å²) in [5.41, 5.74) is 2.11. The fourth-order valence-electron chi connectivity index (χ4n) is 5.63. The predicted octanol–water partition coefficient (Wildman–Crippen LogP) is 5.29. The maximum Gasteiger partial charge on any atom is 0.339 e. The highest BCUT2D eigenvalue weighted by molar-refractivity contribution is 5.83. The van der Waals surface area contributed by atoms with Crippen LogP contribution in [0.2, 0.25) is 0 Å². The lowest BCUT2D eigenvalue weighted by Gasteiger charge is -2.38. The van der Waals surface area contributed by atoms with Crippen molar-refractivity contribution in [1.82, 2.24) is 4.90 Å². The van der Waals surface area contributed by atoms with Crippen molar-refractivity contribution in [2.75, 3.05) is 27.4 Å². The second-order valence-electron chi connectivity index (χ2n) is 9.70. The summed E-state index contributed by atoms with van der Waals surface area (Å²) in [5, 5.41) is 0.723. The third-order valence-corrected chi connectivity index (χ3v) is 7.52. The Hall–Kier alpha value is -3.48. The van der Waals surface area contributed by atoms with E-state index >= 15 is 0 Å². The van der Waals surface area contributed by atoms with Crippen LogP contribution in [0.1, 0.15) is 55.7 Å². The van der Waals surface area contributed by atoms with E-state index in [1.165, 1.54) is 25.3 Å². The van der Waals surface area contributed by atoms with Crippen molar-refractivity contribution in [1.29, 1.82) is 0 Å². The Kier molecular flexibility index (Phi) is 7.16. The molecule has 1 amide bonds. The van der Waals surface area contributed by atoms with Crippen LogP contribution >= 0.6 is 0 Å². The molecule has 0 saturated heterocycles. The van der Waals surface area contributed by atoms with Gasteiger partial charge in [0.15, 0.2) is 11.5 Å². The number of amides is 1. The van der Waals surface area contributed by atoms with Crippen LogP contribution in [0.25, 0.3) is 11.0 Å². The summed E-state index contributed by atoms with van der Waals surface area (Å²) < 4.78 is 22.7. The molecule has 1 aliphatic carbocycles. The van der Waals surface area contributed by atoms with E-state index in [2.05, 4.69) is 0 Å². The van der Waals surface area contributed by atoms with Crippen molar-refractivity contribution in [3.05, 3.63) is 64.0 Å². The van der Waals surface area contributed by atoms with E-state index in [9.17, 15) is 9.59 Å². The van der Waals surface area contributed by atoms with Gasteiger partial charge in [0.25, 0.3) is 0 Å². The molecular formula is C29H33NO6. The molecule has 3 aromatic rings. The number of fused-ring (bicyclic) bond motifs is 2. The number of ether oxygens (including phenoxy) is 3. The highest BCUT2D eigenvalue weighted by atomic mass is 16.5. The molecule has 0 spiro atoms. The number of benzene rings is 2. The lowest BCUT2D eigenvalue weighted by molar-refractivity contribution is -0.136. The van der Waals surface area contributed by atoms with Crippen LogP contribution in [-0.2, 0) is 11.2 Å². The first kappa shape index (κ1) is 24.2.